The number of anilines is 2. The fourth-order valence-corrected chi connectivity index (χ4v) is 5.15. The normalized spacial score (nSPS) is 12.8. The first-order valence-corrected chi connectivity index (χ1v) is 12.3. The molecule has 1 aliphatic rings. The minimum atomic E-state index is -0.452. The molecule has 2 heterocycles. The van der Waals surface area contributed by atoms with E-state index in [1.807, 2.05) is 36.4 Å². The zero-order valence-electron chi connectivity index (χ0n) is 19.8. The topological polar surface area (TPSA) is 101 Å². The number of nitrogens with zero attached hydrogens (tertiary/aromatic N) is 2. The molecule has 5 rings (SSSR count). The van der Waals surface area contributed by atoms with E-state index in [1.165, 1.54) is 16.5 Å². The Morgan fingerprint density at radius 3 is 2.44 bits per heavy atom. The van der Waals surface area contributed by atoms with Gasteiger partial charge in [-0.1, -0.05) is 6.07 Å². The Hall–Kier alpha value is -4.08. The Bertz CT molecular complexity index is 1480. The van der Waals surface area contributed by atoms with Gasteiger partial charge in [0.2, 0.25) is 0 Å². The number of methoxy groups -OCH3 is 1. The lowest BCUT2D eigenvalue weighted by Crippen LogP contribution is -2.31. The van der Waals surface area contributed by atoms with E-state index in [1.54, 1.807) is 30.6 Å². The first-order chi connectivity index (χ1) is 17.4. The van der Waals surface area contributed by atoms with Crippen molar-refractivity contribution in [2.45, 2.75) is 13.3 Å². The summed E-state index contributed by atoms with van der Waals surface area (Å²) in [6.45, 7) is 2.81. The highest BCUT2D eigenvalue weighted by Gasteiger charge is 2.35. The largest absolute Gasteiger partial charge is 0.385 e. The molecule has 0 fully saturated rings. The van der Waals surface area contributed by atoms with E-state index < -0.39 is 6.03 Å². The van der Waals surface area contributed by atoms with Crippen LogP contribution in [0.5, 0.6) is 0 Å². The Kier molecular flexibility index (Phi) is 6.49. The van der Waals surface area contributed by atoms with Crippen molar-refractivity contribution in [2.75, 3.05) is 30.9 Å². The number of aromatic nitrogens is 1. The van der Waals surface area contributed by atoms with Crippen LogP contribution in [0.1, 0.15) is 32.7 Å². The lowest BCUT2D eigenvalue weighted by Gasteiger charge is -2.12. The molecule has 4 aromatic rings. The maximum Gasteiger partial charge on any atom is 0.323 e. The van der Waals surface area contributed by atoms with Crippen molar-refractivity contribution in [3.8, 4) is 10.6 Å². The van der Waals surface area contributed by atoms with E-state index in [4.69, 9.17) is 9.72 Å². The van der Waals surface area contributed by atoms with Crippen molar-refractivity contribution in [3.63, 3.8) is 0 Å². The van der Waals surface area contributed by atoms with Crippen molar-refractivity contribution in [2.24, 2.45) is 0 Å². The number of aryl methyl sites for hydroxylation is 1. The summed E-state index contributed by atoms with van der Waals surface area (Å²) in [4.78, 5) is 43.7. The summed E-state index contributed by atoms with van der Waals surface area (Å²) in [5.41, 5.74) is 4.79. The molecule has 0 spiro atoms. The molecule has 9 heteroatoms. The van der Waals surface area contributed by atoms with Crippen molar-refractivity contribution in [1.29, 1.82) is 0 Å². The molecule has 0 saturated carbocycles. The molecular weight excluding hydrogens is 476 g/mol. The second-order valence-electron chi connectivity index (χ2n) is 8.52. The third-order valence-corrected chi connectivity index (χ3v) is 6.96. The molecule has 1 aliphatic heterocycles. The van der Waals surface area contributed by atoms with Crippen molar-refractivity contribution >= 4 is 50.8 Å². The number of nitrogens with one attached hydrogen (secondary N) is 2. The summed E-state index contributed by atoms with van der Waals surface area (Å²) >= 11 is 1.63. The molecule has 36 heavy (non-hydrogen) atoms. The van der Waals surface area contributed by atoms with Gasteiger partial charge in [-0.15, -0.1) is 11.3 Å². The average Bonchev–Trinajstić information content (AvgIpc) is 3.38. The predicted molar refractivity (Wildman–Crippen MR) is 141 cm³/mol. The minimum absolute atomic E-state index is 0.283. The third-order valence-electron chi connectivity index (χ3n) is 5.89. The summed E-state index contributed by atoms with van der Waals surface area (Å²) < 4.78 is 6.14. The van der Waals surface area contributed by atoms with Gasteiger partial charge in [-0.25, -0.2) is 9.78 Å². The van der Waals surface area contributed by atoms with Crippen LogP contribution in [-0.4, -0.2) is 48.0 Å². The highest BCUT2D eigenvalue weighted by Crippen LogP contribution is 2.31. The van der Waals surface area contributed by atoms with Gasteiger partial charge in [0.15, 0.2) is 0 Å². The second-order valence-corrected chi connectivity index (χ2v) is 9.55. The third kappa shape index (κ3) is 4.71. The van der Waals surface area contributed by atoms with Crippen molar-refractivity contribution in [1.82, 2.24) is 9.88 Å². The zero-order valence-corrected chi connectivity index (χ0v) is 20.6. The number of imide groups is 1. The van der Waals surface area contributed by atoms with Gasteiger partial charge in [0.05, 0.1) is 21.3 Å². The lowest BCUT2D eigenvalue weighted by atomic mass is 10.1. The molecule has 0 atom stereocenters. The summed E-state index contributed by atoms with van der Waals surface area (Å²) in [5.74, 6) is -0.693. The smallest absolute Gasteiger partial charge is 0.323 e. The van der Waals surface area contributed by atoms with Crippen LogP contribution < -0.4 is 10.6 Å². The average molecular weight is 501 g/mol. The molecule has 0 radical (unpaired) electrons. The quantitative estimate of drug-likeness (QED) is 0.256. The van der Waals surface area contributed by atoms with Gasteiger partial charge in [-0.2, -0.15) is 0 Å². The summed E-state index contributed by atoms with van der Waals surface area (Å²) in [6, 6.07) is 17.9. The lowest BCUT2D eigenvalue weighted by molar-refractivity contribution is 0.0638. The monoisotopic (exact) mass is 500 g/mol. The standard InChI is InChI=1S/C27H24N4O4S/c1-16-4-11-22-23(14-16)36-24(30-22)17-5-7-18(8-6-17)28-27(34)29-19-9-10-20-21(15-19)26(33)31(25(20)32)12-3-13-35-2/h4-11,14-15H,3,12-13H2,1-2H3,(H2,28,29,34). The molecule has 182 valence electrons. The van der Waals surface area contributed by atoms with E-state index in [0.717, 1.165) is 20.8 Å². The molecule has 0 saturated heterocycles. The fourth-order valence-electron chi connectivity index (χ4n) is 4.08. The van der Waals surface area contributed by atoms with Crippen LogP contribution in [0.2, 0.25) is 0 Å². The predicted octanol–water partition coefficient (Wildman–Crippen LogP) is 5.55. The van der Waals surface area contributed by atoms with E-state index in [2.05, 4.69) is 23.6 Å². The van der Waals surface area contributed by atoms with E-state index in [-0.39, 0.29) is 23.9 Å². The fraction of sp³-hybridized carbons (Fsp3) is 0.185. The molecule has 0 bridgehead atoms. The van der Waals surface area contributed by atoms with Gasteiger partial charge in [-0.3, -0.25) is 14.5 Å². The number of hydrogen-bond acceptors (Lipinski definition) is 6. The first kappa shape index (κ1) is 23.7. The van der Waals surface area contributed by atoms with Crippen molar-refractivity contribution < 1.29 is 19.1 Å². The molecule has 1 aromatic heterocycles. The van der Waals surface area contributed by atoms with Gasteiger partial charge in [0.25, 0.3) is 11.8 Å². The molecule has 8 nitrogen and oxygen atoms in total. The Balaban J connectivity index is 1.23. The number of amides is 4. The number of carbonyl (C=O) groups excluding carboxylic acids is 3. The first-order valence-electron chi connectivity index (χ1n) is 11.5. The van der Waals surface area contributed by atoms with Crippen LogP contribution in [0.15, 0.2) is 60.7 Å². The molecule has 0 unspecified atom stereocenters. The highest BCUT2D eigenvalue weighted by atomic mass is 32.1. The number of hydrogen-bond donors (Lipinski definition) is 2. The number of benzene rings is 3. The number of fused-ring (bicyclic) bond motifs is 2. The number of rotatable bonds is 7. The maximum absolute atomic E-state index is 12.7. The van der Waals surface area contributed by atoms with Crippen LogP contribution in [0, 0.1) is 6.92 Å². The Morgan fingerprint density at radius 1 is 0.944 bits per heavy atom. The summed E-state index contributed by atoms with van der Waals surface area (Å²) in [5, 5.41) is 6.44. The molecule has 0 aliphatic carbocycles. The van der Waals surface area contributed by atoms with E-state index in [0.29, 0.717) is 30.0 Å². The Morgan fingerprint density at radius 2 is 1.67 bits per heavy atom. The van der Waals surface area contributed by atoms with Crippen LogP contribution >= 0.6 is 11.3 Å². The van der Waals surface area contributed by atoms with E-state index in [9.17, 15) is 14.4 Å². The minimum Gasteiger partial charge on any atom is -0.385 e. The van der Waals surface area contributed by atoms with Gasteiger partial charge in [0.1, 0.15) is 5.01 Å². The molecule has 2 N–H and O–H groups in total. The maximum atomic E-state index is 12.7. The molecule has 3 aromatic carbocycles. The summed E-state index contributed by atoms with van der Waals surface area (Å²) in [7, 11) is 1.57. The number of urea groups is 1. The van der Waals surface area contributed by atoms with Gasteiger partial charge < -0.3 is 15.4 Å². The van der Waals surface area contributed by atoms with Crippen molar-refractivity contribution in [3.05, 3.63) is 77.4 Å². The summed E-state index contributed by atoms with van der Waals surface area (Å²) in [6.07, 6.45) is 0.562. The number of ether oxygens (including phenoxy) is 1. The van der Waals surface area contributed by atoms with Gasteiger partial charge in [-0.05, 0) is 73.5 Å². The number of thiazole rings is 1. The Labute approximate surface area is 211 Å². The van der Waals surface area contributed by atoms with Gasteiger partial charge >= 0.3 is 6.03 Å². The second kappa shape index (κ2) is 9.88. The van der Waals surface area contributed by atoms with Crippen LogP contribution in [0.4, 0.5) is 16.2 Å². The van der Waals surface area contributed by atoms with E-state index >= 15 is 0 Å². The SMILES string of the molecule is COCCCN1C(=O)c2ccc(NC(=O)Nc3ccc(-c4nc5ccc(C)cc5s4)cc3)cc2C1=O. The highest BCUT2D eigenvalue weighted by molar-refractivity contribution is 7.21. The van der Waals surface area contributed by atoms with Gasteiger partial charge in [0, 0.05) is 37.2 Å². The number of carbonyl (C=O) groups is 3. The molecule has 4 amide bonds. The zero-order chi connectivity index (χ0) is 25.2. The van der Waals surface area contributed by atoms with Crippen LogP contribution in [0.25, 0.3) is 20.8 Å². The van der Waals surface area contributed by atoms with Crippen LogP contribution in [0.3, 0.4) is 0 Å². The van der Waals surface area contributed by atoms with Crippen LogP contribution in [-0.2, 0) is 4.74 Å². The molecular formula is C27H24N4O4S.